The molecule has 1 fully saturated rings. The molecule has 1 aliphatic heterocycles. The van der Waals surface area contributed by atoms with Gasteiger partial charge in [-0.15, -0.1) is 0 Å². The van der Waals surface area contributed by atoms with Crippen LogP contribution < -0.4 is 9.47 Å². The van der Waals surface area contributed by atoms with E-state index in [1.54, 1.807) is 7.11 Å². The highest BCUT2D eigenvalue weighted by Crippen LogP contribution is 2.23. The highest BCUT2D eigenvalue weighted by molar-refractivity contribution is 5.81. The van der Waals surface area contributed by atoms with E-state index in [2.05, 4.69) is 41.1 Å². The zero-order valence-corrected chi connectivity index (χ0v) is 17.0. The molecule has 0 amide bonds. The van der Waals surface area contributed by atoms with Crippen molar-refractivity contribution in [1.82, 2.24) is 4.57 Å². The summed E-state index contributed by atoms with van der Waals surface area (Å²) in [7, 11) is 1.68. The van der Waals surface area contributed by atoms with Crippen LogP contribution in [0.4, 0.5) is 0 Å². The number of hydrogen-bond donors (Lipinski definition) is 0. The summed E-state index contributed by atoms with van der Waals surface area (Å²) in [6, 6.07) is 16.5. The first kappa shape index (κ1) is 19.8. The molecular formula is C24H29NO4. The summed E-state index contributed by atoms with van der Waals surface area (Å²) in [5.41, 5.74) is 2.40. The average molecular weight is 395 g/mol. The summed E-state index contributed by atoms with van der Waals surface area (Å²) in [4.78, 5) is 0. The molecule has 0 spiro atoms. The van der Waals surface area contributed by atoms with Crippen molar-refractivity contribution in [2.75, 3.05) is 26.9 Å². The largest absolute Gasteiger partial charge is 0.497 e. The standard InChI is InChI=1S/C24H29NO4/c1-26-21-8-5-19(6-9-21)12-16-27-22-10-7-20-11-13-25(23(20)18-22)14-17-29-24-4-2-3-15-28-24/h5-11,13,18,24H,2-4,12,14-17H2,1H3. The van der Waals surface area contributed by atoms with Crippen LogP contribution in [0, 0.1) is 0 Å². The van der Waals surface area contributed by atoms with Crippen molar-refractivity contribution >= 4 is 10.9 Å². The minimum atomic E-state index is -0.0394. The van der Waals surface area contributed by atoms with Crippen LogP contribution in [0.15, 0.2) is 54.7 Å². The van der Waals surface area contributed by atoms with Crippen molar-refractivity contribution in [3.8, 4) is 11.5 Å². The molecule has 29 heavy (non-hydrogen) atoms. The summed E-state index contributed by atoms with van der Waals surface area (Å²) < 4.78 is 24.9. The normalized spacial score (nSPS) is 16.8. The lowest BCUT2D eigenvalue weighted by molar-refractivity contribution is -0.163. The first-order chi connectivity index (χ1) is 14.3. The van der Waals surface area contributed by atoms with Crippen LogP contribution in [0.5, 0.6) is 11.5 Å². The van der Waals surface area contributed by atoms with E-state index in [1.165, 1.54) is 22.9 Å². The van der Waals surface area contributed by atoms with Crippen LogP contribution in [0.1, 0.15) is 24.8 Å². The monoisotopic (exact) mass is 395 g/mol. The van der Waals surface area contributed by atoms with Crippen molar-refractivity contribution < 1.29 is 18.9 Å². The molecule has 5 nitrogen and oxygen atoms in total. The third-order valence-corrected chi connectivity index (χ3v) is 5.34. The van der Waals surface area contributed by atoms with Gasteiger partial charge in [-0.1, -0.05) is 12.1 Å². The Balaban J connectivity index is 1.31. The van der Waals surface area contributed by atoms with Crippen LogP contribution in [0.2, 0.25) is 0 Å². The second kappa shape index (κ2) is 9.81. The maximum atomic E-state index is 6.00. The Labute approximate surface area is 172 Å². The third-order valence-electron chi connectivity index (χ3n) is 5.34. The summed E-state index contributed by atoms with van der Waals surface area (Å²) >= 11 is 0. The lowest BCUT2D eigenvalue weighted by Crippen LogP contribution is -2.23. The molecule has 154 valence electrons. The van der Waals surface area contributed by atoms with Gasteiger partial charge in [0.05, 0.1) is 25.8 Å². The Kier molecular flexibility index (Phi) is 6.70. The van der Waals surface area contributed by atoms with Gasteiger partial charge in [-0.3, -0.25) is 0 Å². The fourth-order valence-electron chi connectivity index (χ4n) is 3.65. The Morgan fingerprint density at radius 3 is 2.66 bits per heavy atom. The molecule has 0 aliphatic carbocycles. The highest BCUT2D eigenvalue weighted by atomic mass is 16.7. The Morgan fingerprint density at radius 2 is 1.86 bits per heavy atom. The molecule has 2 aromatic carbocycles. The number of nitrogens with zero attached hydrogens (tertiary/aromatic N) is 1. The van der Waals surface area contributed by atoms with Crippen LogP contribution in [-0.2, 0) is 22.4 Å². The van der Waals surface area contributed by atoms with E-state index in [-0.39, 0.29) is 6.29 Å². The fraction of sp³-hybridized carbons (Fsp3) is 0.417. The van der Waals surface area contributed by atoms with E-state index < -0.39 is 0 Å². The Morgan fingerprint density at radius 1 is 1.00 bits per heavy atom. The third kappa shape index (κ3) is 5.31. The molecule has 1 atom stereocenters. The Bertz CT molecular complexity index is 897. The topological polar surface area (TPSA) is 41.9 Å². The van der Waals surface area contributed by atoms with Crippen LogP contribution in [0.3, 0.4) is 0 Å². The van der Waals surface area contributed by atoms with Gasteiger partial charge in [0.15, 0.2) is 6.29 Å². The molecule has 1 aliphatic rings. The molecule has 0 N–H and O–H groups in total. The lowest BCUT2D eigenvalue weighted by atomic mass is 10.1. The predicted octanol–water partition coefficient (Wildman–Crippen LogP) is 4.81. The van der Waals surface area contributed by atoms with E-state index >= 15 is 0 Å². The summed E-state index contributed by atoms with van der Waals surface area (Å²) in [5.74, 6) is 1.77. The number of ether oxygens (including phenoxy) is 4. The highest BCUT2D eigenvalue weighted by Gasteiger charge is 2.13. The van der Waals surface area contributed by atoms with Gasteiger partial charge in [-0.05, 0) is 60.5 Å². The quantitative estimate of drug-likeness (QED) is 0.521. The number of fused-ring (bicyclic) bond motifs is 1. The van der Waals surface area contributed by atoms with Crippen molar-refractivity contribution in [2.45, 2.75) is 38.5 Å². The SMILES string of the molecule is COc1ccc(CCOc2ccc3ccn(CCOC4CCCCO4)c3c2)cc1. The zero-order chi connectivity index (χ0) is 19.9. The van der Waals surface area contributed by atoms with Crippen LogP contribution in [0.25, 0.3) is 10.9 Å². The van der Waals surface area contributed by atoms with Crippen LogP contribution >= 0.6 is 0 Å². The van der Waals surface area contributed by atoms with Gasteiger partial charge in [-0.2, -0.15) is 0 Å². The molecule has 3 aromatic rings. The Hall–Kier alpha value is -2.50. The molecule has 0 bridgehead atoms. The maximum Gasteiger partial charge on any atom is 0.157 e. The fourth-order valence-corrected chi connectivity index (χ4v) is 3.65. The van der Waals surface area contributed by atoms with Gasteiger partial charge < -0.3 is 23.5 Å². The predicted molar refractivity (Wildman–Crippen MR) is 114 cm³/mol. The van der Waals surface area contributed by atoms with E-state index in [4.69, 9.17) is 18.9 Å². The first-order valence-electron chi connectivity index (χ1n) is 10.4. The van der Waals surface area contributed by atoms with E-state index in [9.17, 15) is 0 Å². The van der Waals surface area contributed by atoms with Crippen molar-refractivity contribution in [3.63, 3.8) is 0 Å². The number of methoxy groups -OCH3 is 1. The minimum absolute atomic E-state index is 0.0394. The molecule has 1 aromatic heterocycles. The van der Waals surface area contributed by atoms with Crippen molar-refractivity contribution in [2.24, 2.45) is 0 Å². The second-order valence-corrected chi connectivity index (χ2v) is 7.34. The minimum Gasteiger partial charge on any atom is -0.497 e. The van der Waals surface area contributed by atoms with E-state index in [1.807, 2.05) is 18.2 Å². The molecule has 1 saturated heterocycles. The molecular weight excluding hydrogens is 366 g/mol. The van der Waals surface area contributed by atoms with Gasteiger partial charge in [-0.25, -0.2) is 0 Å². The van der Waals surface area contributed by atoms with Gasteiger partial charge in [0.1, 0.15) is 11.5 Å². The van der Waals surface area contributed by atoms with Crippen LogP contribution in [-0.4, -0.2) is 37.8 Å². The summed E-state index contributed by atoms with van der Waals surface area (Å²) in [6.45, 7) is 2.91. The van der Waals surface area contributed by atoms with Crippen molar-refractivity contribution in [3.05, 3.63) is 60.3 Å². The van der Waals surface area contributed by atoms with Gasteiger partial charge in [0.25, 0.3) is 0 Å². The van der Waals surface area contributed by atoms with E-state index in [0.717, 1.165) is 43.9 Å². The molecule has 0 radical (unpaired) electrons. The number of aromatic nitrogens is 1. The maximum absolute atomic E-state index is 6.00. The van der Waals surface area contributed by atoms with Gasteiger partial charge in [0.2, 0.25) is 0 Å². The summed E-state index contributed by atoms with van der Waals surface area (Å²) in [6.07, 6.45) is 6.26. The molecule has 2 heterocycles. The average Bonchev–Trinajstić information content (AvgIpc) is 3.17. The first-order valence-corrected chi connectivity index (χ1v) is 10.4. The second-order valence-electron chi connectivity index (χ2n) is 7.34. The van der Waals surface area contributed by atoms with E-state index in [0.29, 0.717) is 13.2 Å². The number of benzene rings is 2. The molecule has 5 heteroatoms. The molecule has 1 unspecified atom stereocenters. The zero-order valence-electron chi connectivity index (χ0n) is 17.0. The number of hydrogen-bond acceptors (Lipinski definition) is 4. The molecule has 4 rings (SSSR count). The molecule has 0 saturated carbocycles. The van der Waals surface area contributed by atoms with Gasteiger partial charge >= 0.3 is 0 Å². The summed E-state index contributed by atoms with van der Waals surface area (Å²) in [5, 5.41) is 1.21. The number of rotatable bonds is 9. The smallest absolute Gasteiger partial charge is 0.157 e. The lowest BCUT2D eigenvalue weighted by Gasteiger charge is -2.22. The van der Waals surface area contributed by atoms with Gasteiger partial charge in [0, 0.05) is 31.8 Å². The van der Waals surface area contributed by atoms with Crippen molar-refractivity contribution in [1.29, 1.82) is 0 Å².